The molecule has 1 atom stereocenters. The molecule has 1 N–H and O–H groups in total. The Balaban J connectivity index is 1.70. The van der Waals surface area contributed by atoms with E-state index in [4.69, 9.17) is 4.74 Å². The first-order chi connectivity index (χ1) is 13.8. The molecule has 2 aromatic rings. The fourth-order valence-corrected chi connectivity index (χ4v) is 2.75. The van der Waals surface area contributed by atoms with Gasteiger partial charge >= 0.3 is 5.97 Å². The molecule has 154 valence electrons. The van der Waals surface area contributed by atoms with Gasteiger partial charge in [0.15, 0.2) is 6.10 Å². The predicted octanol–water partition coefficient (Wildman–Crippen LogP) is 2.46. The van der Waals surface area contributed by atoms with E-state index in [1.807, 2.05) is 30.3 Å². The number of nitrogens with zero attached hydrogens (tertiary/aromatic N) is 1. The van der Waals surface area contributed by atoms with Gasteiger partial charge in [0.1, 0.15) is 5.82 Å². The maximum Gasteiger partial charge on any atom is 0.308 e. The zero-order chi connectivity index (χ0) is 21.2. The first kappa shape index (κ1) is 22.1. The fraction of sp³-hybridized carbons (Fsp3) is 0.318. The number of benzene rings is 2. The summed E-state index contributed by atoms with van der Waals surface area (Å²) in [4.78, 5) is 37.5. The minimum atomic E-state index is -0.971. The van der Waals surface area contributed by atoms with Crippen molar-refractivity contribution in [2.24, 2.45) is 0 Å². The van der Waals surface area contributed by atoms with E-state index in [1.165, 1.54) is 24.0 Å². The summed E-state index contributed by atoms with van der Waals surface area (Å²) in [7, 11) is 1.56. The molecule has 7 heteroatoms. The Morgan fingerprint density at radius 2 is 1.76 bits per heavy atom. The number of carbonyl (C=O) groups is 3. The van der Waals surface area contributed by atoms with Gasteiger partial charge in [0.2, 0.25) is 5.91 Å². The number of esters is 1. The smallest absolute Gasteiger partial charge is 0.308 e. The number of carbonyl (C=O) groups excluding carboxylic acids is 3. The van der Waals surface area contributed by atoms with Crippen molar-refractivity contribution in [1.82, 2.24) is 10.2 Å². The van der Waals surface area contributed by atoms with E-state index in [1.54, 1.807) is 19.2 Å². The van der Waals surface area contributed by atoms with Gasteiger partial charge in [-0.15, -0.1) is 0 Å². The Labute approximate surface area is 169 Å². The van der Waals surface area contributed by atoms with Crippen LogP contribution in [0.15, 0.2) is 54.6 Å². The number of nitrogens with one attached hydrogen (secondary N) is 1. The lowest BCUT2D eigenvalue weighted by Crippen LogP contribution is -2.37. The van der Waals surface area contributed by atoms with Gasteiger partial charge in [0, 0.05) is 20.1 Å². The van der Waals surface area contributed by atoms with Crippen molar-refractivity contribution >= 4 is 17.8 Å². The van der Waals surface area contributed by atoms with Crippen LogP contribution in [0, 0.1) is 5.82 Å². The molecule has 0 aliphatic carbocycles. The van der Waals surface area contributed by atoms with Crippen LogP contribution in [-0.4, -0.2) is 42.4 Å². The molecule has 0 saturated heterocycles. The summed E-state index contributed by atoms with van der Waals surface area (Å²) in [6.07, 6.45) is -0.775. The van der Waals surface area contributed by atoms with E-state index >= 15 is 0 Å². The summed E-state index contributed by atoms with van der Waals surface area (Å²) in [5.41, 5.74) is 1.52. The van der Waals surface area contributed by atoms with Crippen molar-refractivity contribution in [3.63, 3.8) is 0 Å². The Morgan fingerprint density at radius 3 is 2.45 bits per heavy atom. The lowest BCUT2D eigenvalue weighted by Gasteiger charge is -2.21. The second kappa shape index (κ2) is 10.9. The minimum Gasteiger partial charge on any atom is -0.452 e. The van der Waals surface area contributed by atoms with Crippen molar-refractivity contribution in [2.45, 2.75) is 32.4 Å². The second-order valence-electron chi connectivity index (χ2n) is 6.72. The molecule has 0 spiro atoms. The van der Waals surface area contributed by atoms with Crippen LogP contribution in [0.25, 0.3) is 0 Å². The zero-order valence-corrected chi connectivity index (χ0v) is 16.6. The lowest BCUT2D eigenvalue weighted by atomic mass is 10.1. The maximum absolute atomic E-state index is 13.2. The van der Waals surface area contributed by atoms with Gasteiger partial charge in [0.25, 0.3) is 5.91 Å². The van der Waals surface area contributed by atoms with E-state index in [9.17, 15) is 18.8 Å². The van der Waals surface area contributed by atoms with Gasteiger partial charge in [-0.05, 0) is 30.2 Å². The van der Waals surface area contributed by atoms with Gasteiger partial charge in [-0.2, -0.15) is 0 Å². The Morgan fingerprint density at radius 1 is 1.07 bits per heavy atom. The Hall–Kier alpha value is -3.22. The number of hydrogen-bond acceptors (Lipinski definition) is 4. The SMILES string of the molecule is CC(OC(=O)CCNC(=O)Cc1ccccc1)C(=O)N(C)Cc1cccc(F)c1. The number of amides is 2. The van der Waals surface area contributed by atoms with Crippen LogP contribution in [0.1, 0.15) is 24.5 Å². The molecule has 0 heterocycles. The first-order valence-electron chi connectivity index (χ1n) is 9.34. The summed E-state index contributed by atoms with van der Waals surface area (Å²) in [6, 6.07) is 15.2. The molecule has 0 fully saturated rings. The molecule has 0 aliphatic rings. The third-order valence-corrected chi connectivity index (χ3v) is 4.20. The van der Waals surface area contributed by atoms with Crippen LogP contribution in [0.2, 0.25) is 0 Å². The number of halogens is 1. The number of ether oxygens (including phenoxy) is 1. The molecule has 0 saturated carbocycles. The molecule has 0 bridgehead atoms. The monoisotopic (exact) mass is 400 g/mol. The van der Waals surface area contributed by atoms with Gasteiger partial charge in [-0.3, -0.25) is 14.4 Å². The summed E-state index contributed by atoms with van der Waals surface area (Å²) in [5, 5.41) is 2.65. The third-order valence-electron chi connectivity index (χ3n) is 4.20. The Kier molecular flexibility index (Phi) is 8.33. The average Bonchev–Trinajstić information content (AvgIpc) is 2.68. The van der Waals surface area contributed by atoms with Crippen LogP contribution in [0.3, 0.4) is 0 Å². The topological polar surface area (TPSA) is 75.7 Å². The molecule has 2 aromatic carbocycles. The van der Waals surface area contributed by atoms with Gasteiger partial charge < -0.3 is 15.0 Å². The lowest BCUT2D eigenvalue weighted by molar-refractivity contribution is -0.158. The molecular weight excluding hydrogens is 375 g/mol. The van der Waals surface area contributed by atoms with Crippen molar-refractivity contribution in [1.29, 1.82) is 0 Å². The number of likely N-dealkylation sites (N-methyl/N-ethyl adjacent to an activating group) is 1. The summed E-state index contributed by atoms with van der Waals surface area (Å²) in [5.74, 6) is -1.54. The van der Waals surface area contributed by atoms with E-state index in [0.717, 1.165) is 5.56 Å². The highest BCUT2D eigenvalue weighted by Crippen LogP contribution is 2.08. The highest BCUT2D eigenvalue weighted by molar-refractivity contribution is 5.83. The van der Waals surface area contributed by atoms with Crippen molar-refractivity contribution < 1.29 is 23.5 Å². The quantitative estimate of drug-likeness (QED) is 0.656. The van der Waals surface area contributed by atoms with Gasteiger partial charge in [-0.1, -0.05) is 42.5 Å². The van der Waals surface area contributed by atoms with E-state index < -0.39 is 18.0 Å². The van der Waals surface area contributed by atoms with E-state index in [-0.39, 0.29) is 37.7 Å². The molecule has 6 nitrogen and oxygen atoms in total. The predicted molar refractivity (Wildman–Crippen MR) is 106 cm³/mol. The zero-order valence-electron chi connectivity index (χ0n) is 16.6. The molecular formula is C22H25FN2O4. The highest BCUT2D eigenvalue weighted by Gasteiger charge is 2.21. The van der Waals surface area contributed by atoms with Crippen molar-refractivity contribution in [3.05, 3.63) is 71.5 Å². The molecule has 0 aromatic heterocycles. The molecule has 2 amide bonds. The fourth-order valence-electron chi connectivity index (χ4n) is 2.75. The number of rotatable bonds is 9. The molecule has 0 aliphatic heterocycles. The third kappa shape index (κ3) is 7.73. The average molecular weight is 400 g/mol. The summed E-state index contributed by atoms with van der Waals surface area (Å²) >= 11 is 0. The standard InChI is InChI=1S/C22H25FN2O4/c1-16(22(28)25(2)15-18-9-6-10-19(23)13-18)29-21(27)11-12-24-20(26)14-17-7-4-3-5-8-17/h3-10,13,16H,11-12,14-15H2,1-2H3,(H,24,26). The van der Waals surface area contributed by atoms with Crippen LogP contribution in [-0.2, 0) is 32.1 Å². The largest absolute Gasteiger partial charge is 0.452 e. The van der Waals surface area contributed by atoms with Crippen LogP contribution in [0.4, 0.5) is 4.39 Å². The van der Waals surface area contributed by atoms with Gasteiger partial charge in [0.05, 0.1) is 12.8 Å². The van der Waals surface area contributed by atoms with Crippen LogP contribution in [0.5, 0.6) is 0 Å². The maximum atomic E-state index is 13.2. The first-order valence-corrected chi connectivity index (χ1v) is 9.34. The number of hydrogen-bond donors (Lipinski definition) is 1. The highest BCUT2D eigenvalue weighted by atomic mass is 19.1. The van der Waals surface area contributed by atoms with Crippen molar-refractivity contribution in [3.8, 4) is 0 Å². The van der Waals surface area contributed by atoms with Crippen LogP contribution >= 0.6 is 0 Å². The summed E-state index contributed by atoms with van der Waals surface area (Å²) < 4.78 is 18.4. The van der Waals surface area contributed by atoms with Crippen molar-refractivity contribution in [2.75, 3.05) is 13.6 Å². The van der Waals surface area contributed by atoms with E-state index in [2.05, 4.69) is 5.32 Å². The van der Waals surface area contributed by atoms with Gasteiger partial charge in [-0.25, -0.2) is 4.39 Å². The minimum absolute atomic E-state index is 0.0360. The molecule has 2 rings (SSSR count). The molecule has 1 unspecified atom stereocenters. The second-order valence-corrected chi connectivity index (χ2v) is 6.72. The molecule has 0 radical (unpaired) electrons. The summed E-state index contributed by atoms with van der Waals surface area (Å²) in [6.45, 7) is 1.81. The van der Waals surface area contributed by atoms with E-state index in [0.29, 0.717) is 5.56 Å². The normalized spacial score (nSPS) is 11.4. The molecule has 29 heavy (non-hydrogen) atoms. The van der Waals surface area contributed by atoms with Crippen LogP contribution < -0.4 is 5.32 Å². The Bertz CT molecular complexity index is 842.